The Hall–Kier alpha value is -3.42. The molecule has 3 N–H and O–H groups in total. The minimum Gasteiger partial charge on any atom is -0.438 e. The summed E-state index contributed by atoms with van der Waals surface area (Å²) in [5.74, 6) is -0.953. The van der Waals surface area contributed by atoms with Gasteiger partial charge in [0.05, 0.1) is 6.54 Å². The smallest absolute Gasteiger partial charge is 0.411 e. The summed E-state index contributed by atoms with van der Waals surface area (Å²) in [6, 6.07) is 11.3. The lowest BCUT2D eigenvalue weighted by Gasteiger charge is -2.22. The van der Waals surface area contributed by atoms with Crippen LogP contribution in [0.25, 0.3) is 0 Å². The Morgan fingerprint density at radius 2 is 1.77 bits per heavy atom. The SMILES string of the molecule is CC(C)CC(=O)Nc1ccc(C2OC(=O)N(Cc3ccc(F)cc3)C2C(N)=O)cc1. The van der Waals surface area contributed by atoms with Crippen molar-refractivity contribution in [2.24, 2.45) is 11.7 Å². The van der Waals surface area contributed by atoms with E-state index >= 15 is 0 Å². The van der Waals surface area contributed by atoms with Gasteiger partial charge in [-0.05, 0) is 41.3 Å². The first kappa shape index (κ1) is 21.3. The quantitative estimate of drug-likeness (QED) is 0.727. The van der Waals surface area contributed by atoms with Crippen LogP contribution in [-0.2, 0) is 20.9 Å². The average molecular weight is 413 g/mol. The number of primary amides is 1. The molecule has 1 saturated heterocycles. The average Bonchev–Trinajstić information content (AvgIpc) is 3.00. The van der Waals surface area contributed by atoms with E-state index in [0.717, 1.165) is 0 Å². The predicted molar refractivity (Wildman–Crippen MR) is 109 cm³/mol. The first-order valence-electron chi connectivity index (χ1n) is 9.65. The van der Waals surface area contributed by atoms with Gasteiger partial charge in [0.1, 0.15) is 5.82 Å². The zero-order valence-electron chi connectivity index (χ0n) is 16.8. The number of nitrogens with zero attached hydrogens (tertiary/aromatic N) is 1. The zero-order valence-corrected chi connectivity index (χ0v) is 16.8. The third-order valence-corrected chi connectivity index (χ3v) is 4.76. The Morgan fingerprint density at radius 3 is 2.33 bits per heavy atom. The van der Waals surface area contributed by atoms with Gasteiger partial charge in [-0.25, -0.2) is 9.18 Å². The fraction of sp³-hybridized carbons (Fsp3) is 0.318. The molecule has 0 saturated carbocycles. The van der Waals surface area contributed by atoms with Crippen LogP contribution < -0.4 is 11.1 Å². The van der Waals surface area contributed by atoms with Crippen molar-refractivity contribution in [3.8, 4) is 0 Å². The summed E-state index contributed by atoms with van der Waals surface area (Å²) < 4.78 is 18.6. The zero-order chi connectivity index (χ0) is 21.8. The summed E-state index contributed by atoms with van der Waals surface area (Å²) in [5.41, 5.74) is 7.39. The number of halogens is 1. The standard InChI is InChI=1S/C22H24FN3O4/c1-13(2)11-18(27)25-17-9-5-15(6-10-17)20-19(21(24)28)26(22(29)30-20)12-14-3-7-16(23)8-4-14/h3-10,13,19-20H,11-12H2,1-2H3,(H2,24,28)(H,25,27). The van der Waals surface area contributed by atoms with E-state index in [1.807, 2.05) is 13.8 Å². The van der Waals surface area contributed by atoms with Crippen LogP contribution in [0.15, 0.2) is 48.5 Å². The summed E-state index contributed by atoms with van der Waals surface area (Å²) in [6.45, 7) is 3.98. The van der Waals surface area contributed by atoms with E-state index in [1.165, 1.54) is 29.2 Å². The maximum absolute atomic E-state index is 13.1. The number of ether oxygens (including phenoxy) is 1. The van der Waals surface area contributed by atoms with Crippen LogP contribution >= 0.6 is 0 Å². The maximum Gasteiger partial charge on any atom is 0.411 e. The molecular formula is C22H24FN3O4. The van der Waals surface area contributed by atoms with Gasteiger partial charge in [-0.15, -0.1) is 0 Å². The number of nitrogens with one attached hydrogen (secondary N) is 1. The minimum absolute atomic E-state index is 0.0621. The van der Waals surface area contributed by atoms with Gasteiger partial charge in [0.15, 0.2) is 12.1 Å². The molecule has 0 spiro atoms. The minimum atomic E-state index is -1.01. The normalized spacial score (nSPS) is 18.4. The van der Waals surface area contributed by atoms with E-state index in [9.17, 15) is 18.8 Å². The van der Waals surface area contributed by atoms with Crippen molar-refractivity contribution in [1.29, 1.82) is 0 Å². The van der Waals surface area contributed by atoms with Gasteiger partial charge in [0.25, 0.3) is 0 Å². The number of carbonyl (C=O) groups excluding carboxylic acids is 3. The van der Waals surface area contributed by atoms with Crippen LogP contribution in [0.3, 0.4) is 0 Å². The van der Waals surface area contributed by atoms with Crippen molar-refractivity contribution in [1.82, 2.24) is 4.90 Å². The van der Waals surface area contributed by atoms with Gasteiger partial charge < -0.3 is 15.8 Å². The van der Waals surface area contributed by atoms with Crippen LogP contribution in [-0.4, -0.2) is 28.8 Å². The van der Waals surface area contributed by atoms with Gasteiger partial charge in [0.2, 0.25) is 11.8 Å². The van der Waals surface area contributed by atoms with Crippen molar-refractivity contribution in [3.05, 3.63) is 65.5 Å². The highest BCUT2D eigenvalue weighted by molar-refractivity contribution is 5.91. The van der Waals surface area contributed by atoms with Crippen LogP contribution in [0, 0.1) is 11.7 Å². The second-order valence-corrected chi connectivity index (χ2v) is 7.67. The topological polar surface area (TPSA) is 102 Å². The molecule has 3 amide bonds. The van der Waals surface area contributed by atoms with Gasteiger partial charge in [-0.1, -0.05) is 38.1 Å². The van der Waals surface area contributed by atoms with Crippen molar-refractivity contribution in [3.63, 3.8) is 0 Å². The van der Waals surface area contributed by atoms with Gasteiger partial charge in [-0.2, -0.15) is 0 Å². The van der Waals surface area contributed by atoms with E-state index in [0.29, 0.717) is 23.2 Å². The molecule has 2 aromatic carbocycles. The number of nitrogens with two attached hydrogens (primary N) is 1. The predicted octanol–water partition coefficient (Wildman–Crippen LogP) is 3.36. The first-order chi connectivity index (χ1) is 14.2. The van der Waals surface area contributed by atoms with Gasteiger partial charge in [-0.3, -0.25) is 14.5 Å². The molecule has 7 nitrogen and oxygen atoms in total. The highest BCUT2D eigenvalue weighted by Gasteiger charge is 2.46. The van der Waals surface area contributed by atoms with Crippen LogP contribution in [0.4, 0.5) is 14.9 Å². The molecule has 3 rings (SSSR count). The molecule has 0 radical (unpaired) electrons. The summed E-state index contributed by atoms with van der Waals surface area (Å²) in [7, 11) is 0. The van der Waals surface area contributed by atoms with E-state index in [2.05, 4.69) is 5.32 Å². The Morgan fingerprint density at radius 1 is 1.13 bits per heavy atom. The Kier molecular flexibility index (Phi) is 6.34. The van der Waals surface area contributed by atoms with E-state index in [4.69, 9.17) is 10.5 Å². The molecule has 1 fully saturated rings. The number of benzene rings is 2. The van der Waals surface area contributed by atoms with Crippen LogP contribution in [0.1, 0.15) is 37.5 Å². The Bertz CT molecular complexity index is 928. The number of hydrogen-bond donors (Lipinski definition) is 2. The maximum atomic E-state index is 13.1. The van der Waals surface area contributed by atoms with Crippen molar-refractivity contribution >= 4 is 23.6 Å². The number of anilines is 1. The van der Waals surface area contributed by atoms with E-state index in [-0.39, 0.29) is 18.4 Å². The molecule has 1 heterocycles. The summed E-state index contributed by atoms with van der Waals surface area (Å²) >= 11 is 0. The third kappa shape index (κ3) is 4.94. The molecule has 0 aromatic heterocycles. The van der Waals surface area contributed by atoms with Crippen LogP contribution in [0.5, 0.6) is 0 Å². The first-order valence-corrected chi connectivity index (χ1v) is 9.65. The Labute approximate surface area is 174 Å². The molecule has 1 aliphatic rings. The Balaban J connectivity index is 1.76. The van der Waals surface area contributed by atoms with E-state index < -0.39 is 30.0 Å². The van der Waals surface area contributed by atoms with Gasteiger partial charge in [0, 0.05) is 12.1 Å². The van der Waals surface area contributed by atoms with Crippen molar-refractivity contribution < 1.29 is 23.5 Å². The summed E-state index contributed by atoms with van der Waals surface area (Å²) in [5, 5.41) is 2.80. The fourth-order valence-electron chi connectivity index (χ4n) is 3.36. The van der Waals surface area contributed by atoms with Gasteiger partial charge >= 0.3 is 6.09 Å². The third-order valence-electron chi connectivity index (χ3n) is 4.76. The second kappa shape index (κ2) is 8.94. The highest BCUT2D eigenvalue weighted by Crippen LogP contribution is 2.34. The lowest BCUT2D eigenvalue weighted by molar-refractivity contribution is -0.123. The summed E-state index contributed by atoms with van der Waals surface area (Å²) in [4.78, 5) is 37.7. The fourth-order valence-corrected chi connectivity index (χ4v) is 3.36. The number of rotatable bonds is 7. The lowest BCUT2D eigenvalue weighted by Crippen LogP contribution is -2.43. The lowest BCUT2D eigenvalue weighted by atomic mass is 10.0. The summed E-state index contributed by atoms with van der Waals surface area (Å²) in [6.07, 6.45) is -1.15. The number of carbonyl (C=O) groups is 3. The molecule has 2 unspecified atom stereocenters. The monoisotopic (exact) mass is 413 g/mol. The van der Waals surface area contributed by atoms with Crippen LogP contribution in [0.2, 0.25) is 0 Å². The second-order valence-electron chi connectivity index (χ2n) is 7.67. The van der Waals surface area contributed by atoms with E-state index in [1.54, 1.807) is 24.3 Å². The molecular weight excluding hydrogens is 389 g/mol. The largest absolute Gasteiger partial charge is 0.438 e. The molecule has 8 heteroatoms. The molecule has 2 aromatic rings. The molecule has 0 bridgehead atoms. The molecule has 0 aliphatic carbocycles. The number of hydrogen-bond acceptors (Lipinski definition) is 4. The van der Waals surface area contributed by atoms with Crippen molar-refractivity contribution in [2.75, 3.05) is 5.32 Å². The molecule has 2 atom stereocenters. The molecule has 1 aliphatic heterocycles. The number of cyclic esters (lactones) is 1. The highest BCUT2D eigenvalue weighted by atomic mass is 19.1. The molecule has 158 valence electrons. The number of amides is 3. The molecule has 30 heavy (non-hydrogen) atoms. The van der Waals surface area contributed by atoms with Crippen molar-refractivity contribution in [2.45, 2.75) is 39.0 Å².